The number of rotatable bonds is 0. The van der Waals surface area contributed by atoms with E-state index in [9.17, 15) is 0 Å². The first-order valence-corrected chi connectivity index (χ1v) is 0.911. The Morgan fingerprint density at radius 1 is 1.75 bits per heavy atom. The largest absolute Gasteiger partial charge is 0.484 e. The van der Waals surface area contributed by atoms with Crippen LogP contribution in [0.25, 0.3) is 0 Å². The molecular weight excluding hydrogens is 103 g/mol. The molecule has 0 atom stereocenters. The van der Waals surface area contributed by atoms with E-state index in [1.807, 2.05) is 0 Å². The van der Waals surface area contributed by atoms with Crippen molar-refractivity contribution in [2.75, 3.05) is 0 Å². The van der Waals surface area contributed by atoms with E-state index in [0.29, 0.717) is 0 Å². The summed E-state index contributed by atoms with van der Waals surface area (Å²) in [6, 6.07) is 0. The van der Waals surface area contributed by atoms with Crippen LogP contribution in [0.4, 0.5) is 0 Å². The van der Waals surface area contributed by atoms with Crippen molar-refractivity contribution in [3.8, 4) is 0 Å². The Labute approximate surface area is 39.3 Å². The number of hydrogen-bond donors (Lipinski definition) is 1. The molecule has 0 unspecified atom stereocenters. The van der Waals surface area contributed by atoms with Crippen molar-refractivity contribution in [2.45, 2.75) is 6.92 Å². The molecular formula is C2H6NZn-. The zero-order chi connectivity index (χ0) is 2.71. The summed E-state index contributed by atoms with van der Waals surface area (Å²) in [4.78, 5) is 0. The average molecular weight is 109 g/mol. The first-order chi connectivity index (χ1) is 1.41. The van der Waals surface area contributed by atoms with E-state index in [4.69, 9.17) is 5.73 Å². The summed E-state index contributed by atoms with van der Waals surface area (Å²) < 4.78 is 0. The Kier molecular flexibility index (Phi) is 21.0. The monoisotopic (exact) mass is 108 g/mol. The molecule has 0 aromatic rings. The van der Waals surface area contributed by atoms with Gasteiger partial charge in [-0.05, 0) is 0 Å². The van der Waals surface area contributed by atoms with E-state index >= 15 is 0 Å². The molecule has 0 spiro atoms. The van der Waals surface area contributed by atoms with Crippen molar-refractivity contribution in [2.24, 2.45) is 5.73 Å². The molecule has 1 nitrogen and oxygen atoms in total. The smallest absolute Gasteiger partial charge is 0 e. The van der Waals surface area contributed by atoms with Gasteiger partial charge in [0, 0.05) is 19.5 Å². The second-order valence-electron chi connectivity index (χ2n) is 0.333. The summed E-state index contributed by atoms with van der Waals surface area (Å²) >= 11 is 0. The molecule has 0 aromatic carbocycles. The molecule has 2 N–H and O–H groups in total. The minimum atomic E-state index is 0. The molecule has 0 aliphatic heterocycles. The first-order valence-electron chi connectivity index (χ1n) is 0.911. The quantitative estimate of drug-likeness (QED) is 0.347. The van der Waals surface area contributed by atoms with Crippen molar-refractivity contribution < 1.29 is 19.5 Å². The van der Waals surface area contributed by atoms with Crippen LogP contribution >= 0.6 is 0 Å². The van der Waals surface area contributed by atoms with Crippen molar-refractivity contribution in [3.63, 3.8) is 0 Å². The minimum Gasteiger partial charge on any atom is -0.484 e. The van der Waals surface area contributed by atoms with E-state index in [2.05, 4.69) is 0 Å². The van der Waals surface area contributed by atoms with Gasteiger partial charge < -0.3 is 5.73 Å². The van der Waals surface area contributed by atoms with Gasteiger partial charge >= 0.3 is 0 Å². The van der Waals surface area contributed by atoms with Crippen molar-refractivity contribution in [1.82, 2.24) is 0 Å². The predicted molar refractivity (Wildman–Crippen MR) is 14.2 cm³/mol. The third-order valence-corrected chi connectivity index (χ3v) is 0. The second-order valence-corrected chi connectivity index (χ2v) is 0.333. The van der Waals surface area contributed by atoms with E-state index < -0.39 is 0 Å². The van der Waals surface area contributed by atoms with Gasteiger partial charge in [-0.3, -0.25) is 6.54 Å². The summed E-state index contributed by atoms with van der Waals surface area (Å²) in [5.41, 5.74) is 4.72. The van der Waals surface area contributed by atoms with E-state index in [-0.39, 0.29) is 19.5 Å². The summed E-state index contributed by atoms with van der Waals surface area (Å²) in [5, 5.41) is 0. The van der Waals surface area contributed by atoms with Gasteiger partial charge in [-0.2, -0.15) is 6.92 Å². The van der Waals surface area contributed by atoms with Crippen molar-refractivity contribution >= 4 is 0 Å². The van der Waals surface area contributed by atoms with Gasteiger partial charge in [0.1, 0.15) is 0 Å². The molecule has 0 aliphatic carbocycles. The molecule has 0 aromatic heterocycles. The molecule has 0 rings (SSSR count). The molecule has 22 valence electrons. The first kappa shape index (κ1) is 8.82. The van der Waals surface area contributed by atoms with Gasteiger partial charge in [0.25, 0.3) is 0 Å². The van der Waals surface area contributed by atoms with Crippen LogP contribution in [-0.4, -0.2) is 0 Å². The third-order valence-electron chi connectivity index (χ3n) is 0. The van der Waals surface area contributed by atoms with Gasteiger partial charge in [0.15, 0.2) is 0 Å². The maximum atomic E-state index is 4.72. The second kappa shape index (κ2) is 9.54. The normalized spacial score (nSPS) is 4.50. The Morgan fingerprint density at radius 3 is 1.75 bits per heavy atom. The number of hydrogen-bond acceptors (Lipinski definition) is 1. The molecule has 0 heterocycles. The van der Waals surface area contributed by atoms with Crippen LogP contribution < -0.4 is 5.73 Å². The topological polar surface area (TPSA) is 26.0 Å². The zero-order valence-corrected chi connectivity index (χ0v) is 5.83. The van der Waals surface area contributed by atoms with E-state index in [1.54, 1.807) is 6.92 Å². The summed E-state index contributed by atoms with van der Waals surface area (Å²) in [5.74, 6) is 0. The van der Waals surface area contributed by atoms with Crippen LogP contribution in [0, 0.1) is 6.54 Å². The van der Waals surface area contributed by atoms with Gasteiger partial charge in [0.05, 0.1) is 0 Å². The minimum absolute atomic E-state index is 0. The fourth-order valence-corrected chi connectivity index (χ4v) is 0. The maximum Gasteiger partial charge on any atom is 0 e. The van der Waals surface area contributed by atoms with Gasteiger partial charge in [-0.15, -0.1) is 0 Å². The fourth-order valence-electron chi connectivity index (χ4n) is 0. The van der Waals surface area contributed by atoms with Crippen LogP contribution in [0.3, 0.4) is 0 Å². The molecule has 2 heteroatoms. The Balaban J connectivity index is 0. The number of nitrogens with two attached hydrogens (primary N) is 1. The van der Waals surface area contributed by atoms with Gasteiger partial charge in [-0.1, -0.05) is 0 Å². The van der Waals surface area contributed by atoms with Crippen molar-refractivity contribution in [1.29, 1.82) is 0 Å². The summed E-state index contributed by atoms with van der Waals surface area (Å²) in [7, 11) is 0. The Morgan fingerprint density at radius 2 is 1.75 bits per heavy atom. The third kappa shape index (κ3) is 19.0. The van der Waals surface area contributed by atoms with Crippen LogP contribution in [0.15, 0.2) is 0 Å². The molecule has 0 fully saturated rings. The molecule has 0 bridgehead atoms. The van der Waals surface area contributed by atoms with E-state index in [1.165, 1.54) is 6.54 Å². The molecule has 0 saturated carbocycles. The van der Waals surface area contributed by atoms with Gasteiger partial charge in [0.2, 0.25) is 0 Å². The molecule has 0 radical (unpaired) electrons. The summed E-state index contributed by atoms with van der Waals surface area (Å²) in [6.07, 6.45) is 0. The fraction of sp³-hybridized carbons (Fsp3) is 0.500. The Hall–Kier alpha value is 0.583. The molecule has 4 heavy (non-hydrogen) atoms. The predicted octanol–water partition coefficient (Wildman–Crippen LogP) is 0.124. The SMILES string of the molecule is C[CH-]N.[Zn]. The van der Waals surface area contributed by atoms with E-state index in [0.717, 1.165) is 0 Å². The van der Waals surface area contributed by atoms with Crippen LogP contribution in [0.2, 0.25) is 0 Å². The van der Waals surface area contributed by atoms with Crippen LogP contribution in [0.5, 0.6) is 0 Å². The Bertz CT molecular complexity index is 6.00. The zero-order valence-electron chi connectivity index (χ0n) is 2.86. The van der Waals surface area contributed by atoms with Gasteiger partial charge in [-0.25, -0.2) is 0 Å². The van der Waals surface area contributed by atoms with Crippen LogP contribution in [-0.2, 0) is 19.5 Å². The summed E-state index contributed by atoms with van der Waals surface area (Å²) in [6.45, 7) is 3.28. The van der Waals surface area contributed by atoms with Crippen LogP contribution in [0.1, 0.15) is 6.92 Å². The molecule has 0 saturated heterocycles. The average Bonchev–Trinajstić information content (AvgIpc) is 0.918. The standard InChI is InChI=1S/C2H6N.Zn/c1-2-3;/h2H,3H2,1H3;/q-1;. The van der Waals surface area contributed by atoms with Crippen molar-refractivity contribution in [3.05, 3.63) is 6.54 Å². The molecule has 0 amide bonds. The maximum absolute atomic E-state index is 4.72. The molecule has 0 aliphatic rings.